The summed E-state index contributed by atoms with van der Waals surface area (Å²) in [7, 11) is 1.49. The fourth-order valence-electron chi connectivity index (χ4n) is 1.97. The van der Waals surface area contributed by atoms with Crippen LogP contribution in [0.3, 0.4) is 0 Å². The van der Waals surface area contributed by atoms with Crippen LogP contribution < -0.4 is 15.8 Å². The van der Waals surface area contributed by atoms with Crippen LogP contribution in [0.15, 0.2) is 24.3 Å². The number of thiocarbonyl (C=S) groups is 1. The minimum atomic E-state index is -0.877. The lowest BCUT2D eigenvalue weighted by atomic mass is 10.1. The highest BCUT2D eigenvalue weighted by molar-refractivity contribution is 7.81. The topological polar surface area (TPSA) is 111 Å². The van der Waals surface area contributed by atoms with Crippen molar-refractivity contribution in [1.29, 1.82) is 0 Å². The molecule has 0 spiro atoms. The van der Waals surface area contributed by atoms with E-state index in [9.17, 15) is 14.4 Å². The first-order valence-electron chi connectivity index (χ1n) is 7.10. The van der Waals surface area contributed by atoms with Crippen molar-refractivity contribution < 1.29 is 19.1 Å². The summed E-state index contributed by atoms with van der Waals surface area (Å²) in [5, 5.41) is 2.79. The Bertz CT molecular complexity index is 861. The quantitative estimate of drug-likeness (QED) is 0.328. The van der Waals surface area contributed by atoms with Crippen molar-refractivity contribution in [3.63, 3.8) is 0 Å². The minimum absolute atomic E-state index is 0.0780. The zero-order valence-electron chi connectivity index (χ0n) is 13.5. The van der Waals surface area contributed by atoms with Crippen LogP contribution in [-0.4, -0.2) is 34.6 Å². The van der Waals surface area contributed by atoms with E-state index in [0.29, 0.717) is 22.1 Å². The minimum Gasteiger partial charge on any atom is -0.497 e. The maximum Gasteiger partial charge on any atom is 0.292 e. The van der Waals surface area contributed by atoms with Crippen LogP contribution in [0.5, 0.6) is 5.75 Å². The molecule has 0 radical (unpaired) electrons. The van der Waals surface area contributed by atoms with Gasteiger partial charge in [-0.3, -0.25) is 14.4 Å². The number of Topliss-reactive ketones (excluding diaryl/α,β-unsaturated/α-hetero) is 2. The summed E-state index contributed by atoms with van der Waals surface area (Å²) in [4.78, 5) is 40.6. The van der Waals surface area contributed by atoms with E-state index in [2.05, 4.69) is 10.3 Å². The second kappa shape index (κ2) is 7.95. The van der Waals surface area contributed by atoms with Gasteiger partial charge in [0.05, 0.1) is 24.1 Å². The normalized spacial score (nSPS) is 10.2. The van der Waals surface area contributed by atoms with Gasteiger partial charge in [0.25, 0.3) is 5.91 Å². The van der Waals surface area contributed by atoms with Crippen molar-refractivity contribution in [2.75, 3.05) is 12.4 Å². The van der Waals surface area contributed by atoms with E-state index in [1.165, 1.54) is 7.11 Å². The third kappa shape index (κ3) is 4.68. The number of aromatic nitrogens is 1. The fraction of sp³-hybridized carbons (Fsp3) is 0.188. The summed E-state index contributed by atoms with van der Waals surface area (Å²) < 4.78 is 5.04. The molecule has 130 valence electrons. The third-order valence-electron chi connectivity index (χ3n) is 3.16. The van der Waals surface area contributed by atoms with E-state index in [0.717, 1.165) is 11.3 Å². The zero-order chi connectivity index (χ0) is 18.6. The number of hydrogen-bond donors (Lipinski definition) is 2. The molecule has 1 aromatic carbocycles. The molecular formula is C16H15N3O4S2. The molecule has 2 aromatic rings. The Kier molecular flexibility index (Phi) is 5.94. The van der Waals surface area contributed by atoms with Gasteiger partial charge in [0.1, 0.15) is 10.7 Å². The Morgan fingerprint density at radius 2 is 2.08 bits per heavy atom. The number of carbonyl (C=O) groups excluding carboxylic acids is 3. The van der Waals surface area contributed by atoms with E-state index >= 15 is 0 Å². The molecule has 0 saturated carbocycles. The van der Waals surface area contributed by atoms with Gasteiger partial charge in [0.15, 0.2) is 10.8 Å². The van der Waals surface area contributed by atoms with Gasteiger partial charge >= 0.3 is 0 Å². The lowest BCUT2D eigenvalue weighted by Crippen LogP contribution is -2.25. The lowest BCUT2D eigenvalue weighted by Gasteiger charge is -2.06. The van der Waals surface area contributed by atoms with Crippen molar-refractivity contribution in [3.05, 3.63) is 39.8 Å². The van der Waals surface area contributed by atoms with Gasteiger partial charge in [-0.15, -0.1) is 11.3 Å². The van der Waals surface area contributed by atoms with Gasteiger partial charge in [-0.2, -0.15) is 0 Å². The predicted molar refractivity (Wildman–Crippen MR) is 98.3 cm³/mol. The molecular weight excluding hydrogens is 362 g/mol. The predicted octanol–water partition coefficient (Wildman–Crippen LogP) is 1.87. The highest BCUT2D eigenvalue weighted by atomic mass is 32.1. The summed E-state index contributed by atoms with van der Waals surface area (Å²) in [5.74, 6) is -1.69. The maximum absolute atomic E-state index is 12.2. The first-order valence-corrected chi connectivity index (χ1v) is 8.33. The summed E-state index contributed by atoms with van der Waals surface area (Å²) in [5.41, 5.74) is 6.31. The molecule has 0 unspecified atom stereocenters. The van der Waals surface area contributed by atoms with Crippen LogP contribution in [0.25, 0.3) is 0 Å². The number of nitrogens with one attached hydrogen (secondary N) is 1. The van der Waals surface area contributed by atoms with Crippen LogP contribution in [0.4, 0.5) is 5.69 Å². The smallest absolute Gasteiger partial charge is 0.292 e. The van der Waals surface area contributed by atoms with Gasteiger partial charge in [-0.1, -0.05) is 18.3 Å². The Hall–Kier alpha value is -2.65. The third-order valence-corrected chi connectivity index (χ3v) is 4.72. The Morgan fingerprint density at radius 3 is 2.68 bits per heavy atom. The average molecular weight is 377 g/mol. The number of ketones is 2. The lowest BCUT2D eigenvalue weighted by molar-refractivity contribution is -0.134. The van der Waals surface area contributed by atoms with Gasteiger partial charge < -0.3 is 15.8 Å². The van der Waals surface area contributed by atoms with Gasteiger partial charge in [-0.05, 0) is 19.1 Å². The van der Waals surface area contributed by atoms with Crippen molar-refractivity contribution in [2.45, 2.75) is 13.3 Å². The van der Waals surface area contributed by atoms with Crippen LogP contribution in [0.1, 0.15) is 26.8 Å². The number of thiazole rings is 1. The molecule has 25 heavy (non-hydrogen) atoms. The molecule has 0 saturated heterocycles. The number of hydrogen-bond acceptors (Lipinski definition) is 7. The molecule has 1 aromatic heterocycles. The number of benzene rings is 1. The van der Waals surface area contributed by atoms with Crippen molar-refractivity contribution in [2.24, 2.45) is 5.73 Å². The number of rotatable bonds is 7. The Balaban J connectivity index is 2.04. The van der Waals surface area contributed by atoms with Crippen LogP contribution in [0.2, 0.25) is 0 Å². The van der Waals surface area contributed by atoms with Gasteiger partial charge in [0.2, 0.25) is 5.78 Å². The van der Waals surface area contributed by atoms with Crippen LogP contribution in [-0.2, 0) is 9.59 Å². The standard InChI is InChI=1S/C16H15N3O4S2/c1-8-13(25-16(18-8)14(17)24)11(20)7-12(21)15(22)19-9-4-3-5-10(6-9)23-2/h3-6H,7H2,1-2H3,(H2,17,24)(H,19,22). The molecule has 7 nitrogen and oxygen atoms in total. The number of nitrogens with zero attached hydrogens (tertiary/aromatic N) is 1. The van der Waals surface area contributed by atoms with Crippen molar-refractivity contribution in [3.8, 4) is 5.75 Å². The second-order valence-corrected chi connectivity index (χ2v) is 6.45. The van der Waals surface area contributed by atoms with E-state index < -0.39 is 23.9 Å². The number of nitrogens with two attached hydrogens (primary N) is 1. The Labute approximate surface area is 153 Å². The maximum atomic E-state index is 12.2. The molecule has 0 bridgehead atoms. The van der Waals surface area contributed by atoms with E-state index in [4.69, 9.17) is 22.7 Å². The molecule has 1 amide bonds. The fourth-order valence-corrected chi connectivity index (χ4v) is 3.00. The summed E-state index contributed by atoms with van der Waals surface area (Å²) in [6, 6.07) is 6.54. The van der Waals surface area contributed by atoms with Gasteiger partial charge in [0, 0.05) is 11.8 Å². The molecule has 3 N–H and O–H groups in total. The molecule has 9 heteroatoms. The molecule has 2 rings (SSSR count). The number of anilines is 1. The van der Waals surface area contributed by atoms with E-state index in [1.54, 1.807) is 31.2 Å². The van der Waals surface area contributed by atoms with Crippen LogP contribution >= 0.6 is 23.6 Å². The van der Waals surface area contributed by atoms with Gasteiger partial charge in [-0.25, -0.2) is 4.98 Å². The highest BCUT2D eigenvalue weighted by Gasteiger charge is 2.23. The summed E-state index contributed by atoms with van der Waals surface area (Å²) in [6.45, 7) is 1.62. The van der Waals surface area contributed by atoms with Crippen molar-refractivity contribution in [1.82, 2.24) is 4.98 Å². The van der Waals surface area contributed by atoms with Crippen LogP contribution in [0, 0.1) is 6.92 Å². The SMILES string of the molecule is COc1cccc(NC(=O)C(=O)CC(=O)c2sc(C(N)=S)nc2C)c1. The van der Waals surface area contributed by atoms with E-state index in [-0.39, 0.29) is 9.87 Å². The number of ether oxygens (including phenoxy) is 1. The average Bonchev–Trinajstić information content (AvgIpc) is 2.97. The first-order chi connectivity index (χ1) is 11.8. The first kappa shape index (κ1) is 18.7. The molecule has 0 aliphatic rings. The number of amides is 1. The zero-order valence-corrected chi connectivity index (χ0v) is 15.1. The van der Waals surface area contributed by atoms with E-state index in [1.807, 2.05) is 0 Å². The Morgan fingerprint density at radius 1 is 1.36 bits per heavy atom. The monoisotopic (exact) mass is 377 g/mol. The molecule has 0 aliphatic heterocycles. The number of aryl methyl sites for hydroxylation is 1. The summed E-state index contributed by atoms with van der Waals surface area (Å²) in [6.07, 6.45) is -0.560. The number of carbonyl (C=O) groups is 3. The van der Waals surface area contributed by atoms with Crippen molar-refractivity contribution >= 4 is 51.7 Å². The molecule has 0 atom stereocenters. The second-order valence-electron chi connectivity index (χ2n) is 5.01. The molecule has 0 aliphatic carbocycles. The summed E-state index contributed by atoms with van der Waals surface area (Å²) >= 11 is 5.83. The number of methoxy groups -OCH3 is 1. The molecule has 1 heterocycles. The molecule has 0 fully saturated rings. The highest BCUT2D eigenvalue weighted by Crippen LogP contribution is 2.20. The largest absolute Gasteiger partial charge is 0.497 e.